The molecule has 1 aromatic heterocycles. The van der Waals surface area contributed by atoms with E-state index in [0.717, 1.165) is 42.5 Å². The van der Waals surface area contributed by atoms with Crippen LogP contribution >= 0.6 is 0 Å². The van der Waals surface area contributed by atoms with Crippen molar-refractivity contribution in [2.24, 2.45) is 0 Å². The van der Waals surface area contributed by atoms with Crippen molar-refractivity contribution in [3.8, 4) is 16.9 Å². The maximum absolute atomic E-state index is 5.41. The van der Waals surface area contributed by atoms with Crippen LogP contribution in [-0.2, 0) is 6.54 Å². The Morgan fingerprint density at radius 2 is 1.93 bits per heavy atom. The summed E-state index contributed by atoms with van der Waals surface area (Å²) in [5.74, 6) is 1.66. The predicted molar refractivity (Wildman–Crippen MR) is 117 cm³/mol. The van der Waals surface area contributed by atoms with Crippen LogP contribution in [-0.4, -0.2) is 42.6 Å². The normalized spacial score (nSPS) is 16.7. The average Bonchev–Trinajstić information content (AvgIpc) is 3.22. The lowest BCUT2D eigenvalue weighted by atomic mass is 9.99. The molecule has 0 amide bonds. The molecule has 2 heterocycles. The van der Waals surface area contributed by atoms with Crippen molar-refractivity contribution in [3.05, 3.63) is 72.1 Å². The summed E-state index contributed by atoms with van der Waals surface area (Å²) in [5.41, 5.74) is 4.68. The van der Waals surface area contributed by atoms with E-state index < -0.39 is 0 Å². The minimum absolute atomic E-state index is 0.276. The van der Waals surface area contributed by atoms with Gasteiger partial charge in [-0.3, -0.25) is 4.90 Å². The molecule has 2 aromatic carbocycles. The van der Waals surface area contributed by atoms with E-state index in [9.17, 15) is 0 Å². The lowest BCUT2D eigenvalue weighted by Crippen LogP contribution is -2.25. The minimum Gasteiger partial charge on any atom is -0.497 e. The zero-order valence-electron chi connectivity index (χ0n) is 17.4. The largest absolute Gasteiger partial charge is 0.497 e. The molecule has 1 saturated heterocycles. The number of likely N-dealkylation sites (tertiary alicyclic amines) is 1. The second-order valence-corrected chi connectivity index (χ2v) is 7.71. The molecule has 1 aliphatic heterocycles. The highest BCUT2D eigenvalue weighted by atomic mass is 16.5. The fourth-order valence-electron chi connectivity index (χ4n) is 4.03. The zero-order valence-corrected chi connectivity index (χ0v) is 17.4. The molecule has 0 radical (unpaired) electrons. The van der Waals surface area contributed by atoms with Gasteiger partial charge in [-0.15, -0.1) is 0 Å². The van der Waals surface area contributed by atoms with Crippen molar-refractivity contribution in [1.82, 2.24) is 14.9 Å². The van der Waals surface area contributed by atoms with Gasteiger partial charge >= 0.3 is 0 Å². The van der Waals surface area contributed by atoms with Crippen LogP contribution in [0.15, 0.2) is 60.8 Å². The third-order valence-electron chi connectivity index (χ3n) is 5.49. The Hall–Kier alpha value is -2.92. The molecule has 0 saturated carbocycles. The number of hydrogen-bond donors (Lipinski definition) is 0. The number of anilines is 1. The molecular weight excluding hydrogens is 360 g/mol. The first-order valence-electron chi connectivity index (χ1n) is 10.1. The number of aromatic nitrogens is 2. The minimum atomic E-state index is 0.276. The molecule has 5 nitrogen and oxygen atoms in total. The summed E-state index contributed by atoms with van der Waals surface area (Å²) < 4.78 is 5.41. The van der Waals surface area contributed by atoms with Gasteiger partial charge in [0.1, 0.15) is 5.75 Å². The number of hydrogen-bond acceptors (Lipinski definition) is 5. The van der Waals surface area contributed by atoms with Crippen LogP contribution in [0.4, 0.5) is 5.95 Å². The van der Waals surface area contributed by atoms with Gasteiger partial charge in [0, 0.05) is 32.4 Å². The third-order valence-corrected chi connectivity index (χ3v) is 5.49. The number of ether oxygens (including phenoxy) is 1. The van der Waals surface area contributed by atoms with Crippen LogP contribution in [0.2, 0.25) is 0 Å². The molecule has 0 aliphatic carbocycles. The Labute approximate surface area is 173 Å². The van der Waals surface area contributed by atoms with E-state index in [4.69, 9.17) is 9.72 Å². The summed E-state index contributed by atoms with van der Waals surface area (Å²) >= 11 is 0. The molecule has 0 N–H and O–H groups in total. The van der Waals surface area contributed by atoms with Gasteiger partial charge in [-0.1, -0.05) is 42.5 Å². The molecule has 1 aliphatic rings. The SMILES string of the molecule is COc1cccc(CN2CCC[C@H]2c2nc(N(C)C)ncc2-c2ccccc2)c1. The van der Waals surface area contributed by atoms with Crippen molar-refractivity contribution < 1.29 is 4.74 Å². The summed E-state index contributed by atoms with van der Waals surface area (Å²) in [6, 6.07) is 19.1. The Bertz CT molecular complexity index is 958. The lowest BCUT2D eigenvalue weighted by Gasteiger charge is -2.27. The Morgan fingerprint density at radius 1 is 1.10 bits per heavy atom. The van der Waals surface area contributed by atoms with Gasteiger partial charge in [0.15, 0.2) is 0 Å². The summed E-state index contributed by atoms with van der Waals surface area (Å²) in [7, 11) is 5.70. The van der Waals surface area contributed by atoms with E-state index in [1.54, 1.807) is 7.11 Å². The van der Waals surface area contributed by atoms with E-state index in [1.807, 2.05) is 37.3 Å². The standard InChI is InChI=1S/C24H28N4O/c1-27(2)24-25-16-21(19-10-5-4-6-11-19)23(26-24)22-13-8-14-28(22)17-18-9-7-12-20(15-18)29-3/h4-7,9-12,15-16,22H,8,13-14,17H2,1-3H3/t22-/m0/s1. The Morgan fingerprint density at radius 3 is 2.69 bits per heavy atom. The van der Waals surface area contributed by atoms with Crippen LogP contribution in [0.5, 0.6) is 5.75 Å². The molecule has 150 valence electrons. The molecule has 1 atom stereocenters. The molecule has 5 heteroatoms. The van der Waals surface area contributed by atoms with Gasteiger partial charge in [0.05, 0.1) is 18.8 Å². The van der Waals surface area contributed by atoms with E-state index in [1.165, 1.54) is 17.5 Å². The summed E-state index contributed by atoms with van der Waals surface area (Å²) in [4.78, 5) is 14.1. The Balaban J connectivity index is 1.70. The highest BCUT2D eigenvalue weighted by Crippen LogP contribution is 2.38. The van der Waals surface area contributed by atoms with Crippen molar-refractivity contribution in [2.45, 2.75) is 25.4 Å². The first-order chi connectivity index (χ1) is 14.2. The Kier molecular flexibility index (Phi) is 5.76. The number of benzene rings is 2. The van der Waals surface area contributed by atoms with Crippen molar-refractivity contribution in [2.75, 3.05) is 32.6 Å². The van der Waals surface area contributed by atoms with Crippen LogP contribution < -0.4 is 9.64 Å². The molecule has 4 rings (SSSR count). The molecule has 29 heavy (non-hydrogen) atoms. The molecule has 0 unspecified atom stereocenters. The fraction of sp³-hybridized carbons (Fsp3) is 0.333. The molecule has 0 bridgehead atoms. The lowest BCUT2D eigenvalue weighted by molar-refractivity contribution is 0.244. The summed E-state index contributed by atoms with van der Waals surface area (Å²) in [5, 5.41) is 0. The van der Waals surface area contributed by atoms with E-state index in [2.05, 4.69) is 52.3 Å². The van der Waals surface area contributed by atoms with Crippen LogP contribution in [0.1, 0.15) is 30.1 Å². The van der Waals surface area contributed by atoms with Crippen molar-refractivity contribution >= 4 is 5.95 Å². The monoisotopic (exact) mass is 388 g/mol. The number of rotatable bonds is 6. The topological polar surface area (TPSA) is 41.5 Å². The summed E-state index contributed by atoms with van der Waals surface area (Å²) in [6.07, 6.45) is 4.26. The molecule has 3 aromatic rings. The van der Waals surface area contributed by atoms with Gasteiger partial charge in [-0.05, 0) is 42.6 Å². The highest BCUT2D eigenvalue weighted by Gasteiger charge is 2.30. The van der Waals surface area contributed by atoms with E-state index >= 15 is 0 Å². The second kappa shape index (κ2) is 8.62. The first kappa shape index (κ1) is 19.4. The van der Waals surface area contributed by atoms with E-state index in [0.29, 0.717) is 0 Å². The van der Waals surface area contributed by atoms with E-state index in [-0.39, 0.29) is 6.04 Å². The first-order valence-corrected chi connectivity index (χ1v) is 10.1. The third kappa shape index (κ3) is 4.25. The van der Waals surface area contributed by atoms with Gasteiger partial charge in [-0.2, -0.15) is 0 Å². The predicted octanol–water partition coefficient (Wildman–Crippen LogP) is 4.56. The molecule has 0 spiro atoms. The fourth-order valence-corrected chi connectivity index (χ4v) is 4.03. The quantitative estimate of drug-likeness (QED) is 0.619. The number of nitrogens with zero attached hydrogens (tertiary/aromatic N) is 4. The van der Waals surface area contributed by atoms with Gasteiger partial charge < -0.3 is 9.64 Å². The highest BCUT2D eigenvalue weighted by molar-refractivity contribution is 5.66. The zero-order chi connectivity index (χ0) is 20.2. The number of methoxy groups -OCH3 is 1. The maximum atomic E-state index is 5.41. The molecule has 1 fully saturated rings. The second-order valence-electron chi connectivity index (χ2n) is 7.71. The maximum Gasteiger partial charge on any atom is 0.225 e. The molecular formula is C24H28N4O. The summed E-state index contributed by atoms with van der Waals surface area (Å²) in [6.45, 7) is 1.95. The van der Waals surface area contributed by atoms with Gasteiger partial charge in [0.2, 0.25) is 5.95 Å². The average molecular weight is 389 g/mol. The van der Waals surface area contributed by atoms with Crippen molar-refractivity contribution in [3.63, 3.8) is 0 Å². The van der Waals surface area contributed by atoms with Crippen LogP contribution in [0.3, 0.4) is 0 Å². The van der Waals surface area contributed by atoms with Gasteiger partial charge in [0.25, 0.3) is 0 Å². The smallest absolute Gasteiger partial charge is 0.225 e. The van der Waals surface area contributed by atoms with Crippen LogP contribution in [0.25, 0.3) is 11.1 Å². The van der Waals surface area contributed by atoms with Crippen LogP contribution in [0, 0.1) is 0 Å². The van der Waals surface area contributed by atoms with Gasteiger partial charge in [-0.25, -0.2) is 9.97 Å². The van der Waals surface area contributed by atoms with Crippen molar-refractivity contribution in [1.29, 1.82) is 0 Å².